The van der Waals surface area contributed by atoms with Gasteiger partial charge in [-0.2, -0.15) is 0 Å². The van der Waals surface area contributed by atoms with Gasteiger partial charge in [-0.3, -0.25) is 14.5 Å². The van der Waals surface area contributed by atoms with Gasteiger partial charge in [-0.25, -0.2) is 4.39 Å². The quantitative estimate of drug-likeness (QED) is 0.800. The van der Waals surface area contributed by atoms with Gasteiger partial charge in [-0.05, 0) is 31.0 Å². The zero-order valence-electron chi connectivity index (χ0n) is 14.9. The van der Waals surface area contributed by atoms with E-state index in [4.69, 9.17) is 0 Å². The van der Waals surface area contributed by atoms with Crippen LogP contribution >= 0.6 is 11.3 Å². The number of benzene rings is 1. The van der Waals surface area contributed by atoms with Crippen LogP contribution in [0.15, 0.2) is 36.4 Å². The Morgan fingerprint density at radius 2 is 1.78 bits per heavy atom. The first-order valence-corrected chi connectivity index (χ1v) is 9.90. The van der Waals surface area contributed by atoms with E-state index in [1.54, 1.807) is 28.4 Å². The number of rotatable bonds is 5. The lowest BCUT2D eigenvalue weighted by molar-refractivity contribution is -0.154. The van der Waals surface area contributed by atoms with E-state index in [-0.39, 0.29) is 11.7 Å². The van der Waals surface area contributed by atoms with Crippen LogP contribution in [0.4, 0.5) is 4.39 Å². The van der Waals surface area contributed by atoms with E-state index >= 15 is 0 Å². The molecule has 1 amide bonds. The molecule has 2 aromatic rings. The number of piperazine rings is 1. The van der Waals surface area contributed by atoms with Gasteiger partial charge < -0.3 is 10.0 Å². The van der Waals surface area contributed by atoms with Crippen molar-refractivity contribution in [3.8, 4) is 10.4 Å². The van der Waals surface area contributed by atoms with Crippen LogP contribution in [-0.4, -0.2) is 53.0 Å². The van der Waals surface area contributed by atoms with Crippen molar-refractivity contribution in [2.24, 2.45) is 5.41 Å². The number of carbonyl (C=O) groups excluding carboxylic acids is 1. The molecular formula is C20H21FN2O3S. The van der Waals surface area contributed by atoms with E-state index in [0.717, 1.165) is 16.3 Å². The van der Waals surface area contributed by atoms with Crippen LogP contribution in [0.2, 0.25) is 0 Å². The molecule has 2 aliphatic rings. The average Bonchev–Trinajstić information content (AvgIpc) is 3.37. The third-order valence-corrected chi connectivity index (χ3v) is 6.51. The Kier molecular flexibility index (Phi) is 4.74. The van der Waals surface area contributed by atoms with Gasteiger partial charge in [-0.15, -0.1) is 11.3 Å². The summed E-state index contributed by atoms with van der Waals surface area (Å²) < 4.78 is 13.9. The first-order valence-electron chi connectivity index (χ1n) is 9.08. The molecule has 0 atom stereocenters. The number of nitrogens with zero attached hydrogens (tertiary/aromatic N) is 2. The lowest BCUT2D eigenvalue weighted by Gasteiger charge is -2.35. The molecule has 2 fully saturated rings. The Labute approximate surface area is 161 Å². The number of amides is 1. The molecule has 0 radical (unpaired) electrons. The maximum atomic E-state index is 13.9. The second kappa shape index (κ2) is 7.05. The Bertz CT molecular complexity index is 870. The third-order valence-electron chi connectivity index (χ3n) is 5.41. The highest BCUT2D eigenvalue weighted by Gasteiger charge is 2.58. The molecule has 0 unspecified atom stereocenters. The van der Waals surface area contributed by atoms with Gasteiger partial charge in [-0.1, -0.05) is 18.2 Å². The first-order chi connectivity index (χ1) is 13.0. The molecule has 1 aromatic carbocycles. The second-order valence-corrected chi connectivity index (χ2v) is 8.37. The Morgan fingerprint density at radius 1 is 1.07 bits per heavy atom. The van der Waals surface area contributed by atoms with E-state index in [1.165, 1.54) is 6.07 Å². The monoisotopic (exact) mass is 388 g/mol. The fourth-order valence-corrected chi connectivity index (χ4v) is 4.62. The van der Waals surface area contributed by atoms with Crippen molar-refractivity contribution in [1.29, 1.82) is 0 Å². The summed E-state index contributed by atoms with van der Waals surface area (Å²) in [5.74, 6) is -1.44. The normalized spacial score (nSPS) is 19.1. The summed E-state index contributed by atoms with van der Waals surface area (Å²) in [4.78, 5) is 29.8. The molecule has 7 heteroatoms. The molecule has 0 spiro atoms. The van der Waals surface area contributed by atoms with Gasteiger partial charge >= 0.3 is 5.97 Å². The van der Waals surface area contributed by atoms with E-state index < -0.39 is 11.4 Å². The van der Waals surface area contributed by atoms with Gasteiger partial charge in [0.2, 0.25) is 5.91 Å². The summed E-state index contributed by atoms with van der Waals surface area (Å²) in [5, 5.41) is 9.28. The fourth-order valence-electron chi connectivity index (χ4n) is 3.55. The Hall–Kier alpha value is -2.25. The second-order valence-electron chi connectivity index (χ2n) is 7.20. The third kappa shape index (κ3) is 3.49. The van der Waals surface area contributed by atoms with E-state index in [9.17, 15) is 19.1 Å². The van der Waals surface area contributed by atoms with Crippen molar-refractivity contribution < 1.29 is 19.1 Å². The summed E-state index contributed by atoms with van der Waals surface area (Å²) in [6.07, 6.45) is 0.908. The van der Waals surface area contributed by atoms with Crippen LogP contribution < -0.4 is 0 Å². The molecule has 1 N–H and O–H groups in total. The highest BCUT2D eigenvalue weighted by Crippen LogP contribution is 2.47. The first kappa shape index (κ1) is 18.1. The molecule has 5 nitrogen and oxygen atoms in total. The molecule has 1 aliphatic heterocycles. The molecule has 2 heterocycles. The predicted octanol–water partition coefficient (Wildman–Crippen LogP) is 3.06. The number of aliphatic carboxylic acids is 1. The number of carbonyl (C=O) groups is 2. The van der Waals surface area contributed by atoms with E-state index in [0.29, 0.717) is 44.6 Å². The summed E-state index contributed by atoms with van der Waals surface area (Å²) in [5.41, 5.74) is -0.530. The summed E-state index contributed by atoms with van der Waals surface area (Å²) in [7, 11) is 0. The molecule has 1 aliphatic carbocycles. The molecule has 142 valence electrons. The minimum absolute atomic E-state index is 0.217. The van der Waals surface area contributed by atoms with Crippen molar-refractivity contribution in [2.45, 2.75) is 19.4 Å². The number of carboxylic acids is 1. The van der Waals surface area contributed by atoms with Crippen molar-refractivity contribution in [3.63, 3.8) is 0 Å². The smallest absolute Gasteiger partial charge is 0.319 e. The highest BCUT2D eigenvalue weighted by atomic mass is 32.1. The van der Waals surface area contributed by atoms with Crippen molar-refractivity contribution in [3.05, 3.63) is 47.1 Å². The van der Waals surface area contributed by atoms with Gasteiger partial charge in [0.15, 0.2) is 0 Å². The highest BCUT2D eigenvalue weighted by molar-refractivity contribution is 7.15. The van der Waals surface area contributed by atoms with Gasteiger partial charge in [0.25, 0.3) is 0 Å². The van der Waals surface area contributed by atoms with Crippen LogP contribution in [0, 0.1) is 11.2 Å². The number of hydrogen-bond acceptors (Lipinski definition) is 4. The SMILES string of the molecule is O=C(O)C1(C(=O)N2CCN(Cc3ccc(-c4ccccc4F)s3)CC2)CC1. The largest absolute Gasteiger partial charge is 0.480 e. The lowest BCUT2D eigenvalue weighted by atomic mass is 10.1. The fraction of sp³-hybridized carbons (Fsp3) is 0.400. The average molecular weight is 388 g/mol. The zero-order valence-corrected chi connectivity index (χ0v) is 15.7. The number of thiophene rings is 1. The minimum Gasteiger partial charge on any atom is -0.480 e. The van der Waals surface area contributed by atoms with Crippen molar-refractivity contribution in [1.82, 2.24) is 9.80 Å². The van der Waals surface area contributed by atoms with E-state index in [1.807, 2.05) is 18.2 Å². The standard InChI is InChI=1S/C20H21FN2O3S/c21-16-4-2-1-3-15(16)17-6-5-14(27-17)13-22-9-11-23(12-10-22)18(24)20(7-8-20)19(25)26/h1-6H,7-13H2,(H,25,26). The summed E-state index contributed by atoms with van der Waals surface area (Å²) in [6, 6.07) is 10.7. The number of halogens is 1. The predicted molar refractivity (Wildman–Crippen MR) is 101 cm³/mol. The molecule has 27 heavy (non-hydrogen) atoms. The van der Waals surface area contributed by atoms with E-state index in [2.05, 4.69) is 4.90 Å². The van der Waals surface area contributed by atoms with Crippen LogP contribution in [0.5, 0.6) is 0 Å². The molecule has 1 aromatic heterocycles. The maximum Gasteiger partial charge on any atom is 0.319 e. The molecule has 1 saturated heterocycles. The molecule has 4 rings (SSSR count). The minimum atomic E-state index is -1.15. The van der Waals surface area contributed by atoms with Crippen molar-refractivity contribution >= 4 is 23.2 Å². The summed E-state index contributed by atoms with van der Waals surface area (Å²) >= 11 is 1.58. The van der Waals surface area contributed by atoms with Gasteiger partial charge in [0.05, 0.1) is 0 Å². The molecule has 0 bridgehead atoms. The zero-order chi connectivity index (χ0) is 19.0. The lowest BCUT2D eigenvalue weighted by Crippen LogP contribution is -2.51. The topological polar surface area (TPSA) is 60.9 Å². The Morgan fingerprint density at radius 3 is 2.41 bits per heavy atom. The number of hydrogen-bond donors (Lipinski definition) is 1. The Balaban J connectivity index is 1.34. The van der Waals surface area contributed by atoms with Gasteiger partial charge in [0.1, 0.15) is 11.2 Å². The maximum absolute atomic E-state index is 13.9. The van der Waals surface area contributed by atoms with Crippen LogP contribution in [0.25, 0.3) is 10.4 Å². The number of carboxylic acid groups (broad SMARTS) is 1. The van der Waals surface area contributed by atoms with Crippen LogP contribution in [0.3, 0.4) is 0 Å². The molecular weight excluding hydrogens is 367 g/mol. The molecule has 1 saturated carbocycles. The summed E-state index contributed by atoms with van der Waals surface area (Å²) in [6.45, 7) is 3.30. The van der Waals surface area contributed by atoms with Crippen molar-refractivity contribution in [2.75, 3.05) is 26.2 Å². The van der Waals surface area contributed by atoms with Crippen LogP contribution in [0.1, 0.15) is 17.7 Å². The van der Waals surface area contributed by atoms with Gasteiger partial charge in [0, 0.05) is 48.0 Å². The van der Waals surface area contributed by atoms with Crippen LogP contribution in [-0.2, 0) is 16.1 Å².